The molecule has 0 aromatic rings. The highest BCUT2D eigenvalue weighted by Gasteiger charge is 2.09. The van der Waals surface area contributed by atoms with Gasteiger partial charge in [-0.2, -0.15) is 0 Å². The van der Waals surface area contributed by atoms with Crippen LogP contribution in [0.5, 0.6) is 0 Å². The molecule has 0 bridgehead atoms. The summed E-state index contributed by atoms with van der Waals surface area (Å²) in [5.41, 5.74) is 3.99. The molecule has 1 unspecified atom stereocenters. The van der Waals surface area contributed by atoms with Crippen molar-refractivity contribution in [3.63, 3.8) is 0 Å². The molecular weight excluding hydrogens is 168 g/mol. The van der Waals surface area contributed by atoms with Crippen molar-refractivity contribution in [2.24, 2.45) is 5.73 Å². The number of ether oxygens (including phenoxy) is 1. The van der Waals surface area contributed by atoms with Crippen LogP contribution in [0.15, 0.2) is 0 Å². The second-order valence-electron chi connectivity index (χ2n) is 2.37. The molecule has 1 atom stereocenters. The van der Waals surface area contributed by atoms with Crippen LogP contribution in [0.4, 0.5) is 0 Å². The zero-order valence-corrected chi connectivity index (χ0v) is 7.47. The number of halogens is 1. The largest absolute Gasteiger partial charge is 0.462 e. The number of rotatable bonds is 4. The maximum atomic E-state index is 10.6. The molecule has 0 fully saturated rings. The lowest BCUT2D eigenvalue weighted by Crippen LogP contribution is -2.29. The van der Waals surface area contributed by atoms with Crippen LogP contribution in [-0.2, 0) is 9.53 Å². The van der Waals surface area contributed by atoms with Crippen molar-refractivity contribution in [1.82, 2.24) is 4.90 Å². The van der Waals surface area contributed by atoms with E-state index in [-0.39, 0.29) is 0 Å². The van der Waals surface area contributed by atoms with Gasteiger partial charge in [-0.25, -0.2) is 4.79 Å². The fraction of sp³-hybridized carbons (Fsp3) is 0.833. The van der Waals surface area contributed by atoms with Gasteiger partial charge in [0.1, 0.15) is 6.61 Å². The van der Waals surface area contributed by atoms with Gasteiger partial charge in [-0.3, -0.25) is 0 Å². The average molecular weight is 181 g/mol. The quantitative estimate of drug-likeness (QED) is 0.364. The van der Waals surface area contributed by atoms with Gasteiger partial charge in [0.2, 0.25) is 0 Å². The first-order valence-electron chi connectivity index (χ1n) is 3.25. The van der Waals surface area contributed by atoms with E-state index in [0.717, 1.165) is 0 Å². The number of nitrogens with zero attached hydrogens (tertiary/aromatic N) is 1. The molecule has 0 saturated carbocycles. The molecule has 66 valence electrons. The average Bonchev–Trinajstić information content (AvgIpc) is 1.86. The van der Waals surface area contributed by atoms with Gasteiger partial charge in [-0.15, -0.1) is 0 Å². The Morgan fingerprint density at radius 2 is 2.27 bits per heavy atom. The molecule has 0 aliphatic carbocycles. The molecule has 0 aromatic carbocycles. The monoisotopic (exact) mass is 180 g/mol. The van der Waals surface area contributed by atoms with Crippen LogP contribution < -0.4 is 5.73 Å². The Kier molecular flexibility index (Phi) is 5.19. The Bertz CT molecular complexity index is 128. The molecule has 0 aromatic heterocycles. The summed E-state index contributed by atoms with van der Waals surface area (Å²) in [4.78, 5) is 12.5. The molecule has 0 aliphatic rings. The van der Waals surface area contributed by atoms with Crippen molar-refractivity contribution in [3.05, 3.63) is 0 Å². The van der Waals surface area contributed by atoms with E-state index < -0.39 is 11.5 Å². The molecule has 0 spiro atoms. The molecule has 0 amide bonds. The summed E-state index contributed by atoms with van der Waals surface area (Å²) < 4.78 is 4.68. The third kappa shape index (κ3) is 6.09. The van der Waals surface area contributed by atoms with E-state index in [1.54, 1.807) is 0 Å². The number of alkyl halides is 1. The lowest BCUT2D eigenvalue weighted by Gasteiger charge is -2.10. The van der Waals surface area contributed by atoms with Gasteiger partial charge in [0.05, 0.1) is 0 Å². The number of esters is 1. The fourth-order valence-electron chi connectivity index (χ4n) is 0.408. The van der Waals surface area contributed by atoms with Gasteiger partial charge in [-0.05, 0) is 14.1 Å². The number of hydrogen-bond acceptors (Lipinski definition) is 4. The van der Waals surface area contributed by atoms with Crippen LogP contribution in [0, 0.1) is 0 Å². The second-order valence-corrected chi connectivity index (χ2v) is 2.84. The third-order valence-corrected chi connectivity index (χ3v) is 1.19. The normalized spacial score (nSPS) is 13.2. The highest BCUT2D eigenvalue weighted by atomic mass is 35.5. The first kappa shape index (κ1) is 10.7. The Morgan fingerprint density at radius 3 is 2.64 bits per heavy atom. The van der Waals surface area contributed by atoms with Crippen molar-refractivity contribution in [3.8, 4) is 0 Å². The number of carbonyl (C=O) groups is 1. The van der Waals surface area contributed by atoms with E-state index in [0.29, 0.717) is 13.2 Å². The SMILES string of the molecule is CN(C)CCOC(=O)C(N)Cl. The van der Waals surface area contributed by atoms with E-state index in [1.165, 1.54) is 0 Å². The molecular formula is C6H13ClN2O2. The first-order valence-corrected chi connectivity index (χ1v) is 3.68. The lowest BCUT2D eigenvalue weighted by molar-refractivity contribution is -0.143. The van der Waals surface area contributed by atoms with Crippen LogP contribution in [0.1, 0.15) is 0 Å². The zero-order chi connectivity index (χ0) is 8.85. The third-order valence-electron chi connectivity index (χ3n) is 1.01. The zero-order valence-electron chi connectivity index (χ0n) is 6.71. The van der Waals surface area contributed by atoms with Crippen LogP contribution in [0.25, 0.3) is 0 Å². The lowest BCUT2D eigenvalue weighted by atomic mass is 10.6. The topological polar surface area (TPSA) is 55.6 Å². The molecule has 2 N–H and O–H groups in total. The van der Waals surface area contributed by atoms with Gasteiger partial charge in [-0.1, -0.05) is 11.6 Å². The van der Waals surface area contributed by atoms with Crippen molar-refractivity contribution in [2.45, 2.75) is 5.50 Å². The predicted molar refractivity (Wildman–Crippen MR) is 43.3 cm³/mol. The summed E-state index contributed by atoms with van der Waals surface area (Å²) in [6, 6.07) is 0. The van der Waals surface area contributed by atoms with Gasteiger partial charge in [0.15, 0.2) is 5.50 Å². The summed E-state index contributed by atoms with van der Waals surface area (Å²) in [6.07, 6.45) is 0. The van der Waals surface area contributed by atoms with Crippen LogP contribution >= 0.6 is 11.6 Å². The van der Waals surface area contributed by atoms with E-state index in [9.17, 15) is 4.79 Å². The van der Waals surface area contributed by atoms with Crippen molar-refractivity contribution in [1.29, 1.82) is 0 Å². The summed E-state index contributed by atoms with van der Waals surface area (Å²) in [6.45, 7) is 1.00. The number of carbonyl (C=O) groups excluding carboxylic acids is 1. The van der Waals surface area contributed by atoms with Gasteiger partial charge >= 0.3 is 5.97 Å². The van der Waals surface area contributed by atoms with Crippen molar-refractivity contribution >= 4 is 17.6 Å². The second kappa shape index (κ2) is 5.35. The number of nitrogens with two attached hydrogens (primary N) is 1. The Labute approximate surface area is 71.2 Å². The minimum atomic E-state index is -1.04. The maximum Gasteiger partial charge on any atom is 0.338 e. The fourth-order valence-corrected chi connectivity index (χ4v) is 0.471. The van der Waals surface area contributed by atoms with Crippen LogP contribution in [0.2, 0.25) is 0 Å². The predicted octanol–water partition coefficient (Wildman–Crippen LogP) is -0.385. The summed E-state index contributed by atoms with van der Waals surface area (Å²) in [5, 5.41) is 0. The van der Waals surface area contributed by atoms with Gasteiger partial charge in [0, 0.05) is 6.54 Å². The van der Waals surface area contributed by atoms with Crippen LogP contribution in [-0.4, -0.2) is 43.6 Å². The number of likely N-dealkylation sites (N-methyl/N-ethyl adjacent to an activating group) is 1. The van der Waals surface area contributed by atoms with Gasteiger partial charge < -0.3 is 15.4 Å². The molecule has 0 aliphatic heterocycles. The van der Waals surface area contributed by atoms with E-state index >= 15 is 0 Å². The van der Waals surface area contributed by atoms with Crippen LogP contribution in [0.3, 0.4) is 0 Å². The Balaban J connectivity index is 3.32. The molecule has 0 radical (unpaired) electrons. The van der Waals surface area contributed by atoms with Crippen molar-refractivity contribution in [2.75, 3.05) is 27.2 Å². The molecule has 4 nitrogen and oxygen atoms in total. The highest BCUT2D eigenvalue weighted by molar-refractivity contribution is 6.29. The first-order chi connectivity index (χ1) is 5.04. The van der Waals surface area contributed by atoms with Gasteiger partial charge in [0.25, 0.3) is 0 Å². The molecule has 0 saturated heterocycles. The highest BCUT2D eigenvalue weighted by Crippen LogP contribution is 1.90. The molecule has 0 rings (SSSR count). The Morgan fingerprint density at radius 1 is 1.73 bits per heavy atom. The summed E-state index contributed by atoms with van der Waals surface area (Å²) in [5.74, 6) is -0.575. The molecule has 0 heterocycles. The minimum Gasteiger partial charge on any atom is -0.462 e. The number of hydrogen-bond donors (Lipinski definition) is 1. The van der Waals surface area contributed by atoms with E-state index in [1.807, 2.05) is 19.0 Å². The summed E-state index contributed by atoms with van der Waals surface area (Å²) in [7, 11) is 3.77. The summed E-state index contributed by atoms with van der Waals surface area (Å²) >= 11 is 5.23. The van der Waals surface area contributed by atoms with E-state index in [4.69, 9.17) is 17.3 Å². The van der Waals surface area contributed by atoms with Crippen molar-refractivity contribution < 1.29 is 9.53 Å². The smallest absolute Gasteiger partial charge is 0.338 e. The van der Waals surface area contributed by atoms with E-state index in [2.05, 4.69) is 4.74 Å². The minimum absolute atomic E-state index is 0.326. The standard InChI is InChI=1S/C6H13ClN2O2/c1-9(2)3-4-11-6(10)5(7)8/h5H,3-4,8H2,1-2H3. The maximum absolute atomic E-state index is 10.6. The Hall–Kier alpha value is -0.320. The molecule has 5 heteroatoms. The molecule has 11 heavy (non-hydrogen) atoms.